The second-order valence-electron chi connectivity index (χ2n) is 3.50. The van der Waals surface area contributed by atoms with E-state index in [1.54, 1.807) is 6.92 Å². The topological polar surface area (TPSA) is 52.0 Å². The number of hydrogen-bond donors (Lipinski definition) is 1. The summed E-state index contributed by atoms with van der Waals surface area (Å²) in [5.41, 5.74) is 5.88. The van der Waals surface area contributed by atoms with Gasteiger partial charge < -0.3 is 10.3 Å². The molecule has 1 unspecified atom stereocenters. The molecule has 1 heterocycles. The Bertz CT molecular complexity index is 508. The molecule has 0 radical (unpaired) electrons. The second kappa shape index (κ2) is 4.02. The van der Waals surface area contributed by atoms with E-state index in [9.17, 15) is 8.78 Å². The van der Waals surface area contributed by atoms with Crippen LogP contribution in [0.25, 0.3) is 11.3 Å². The summed E-state index contributed by atoms with van der Waals surface area (Å²) in [4.78, 5) is 0. The van der Waals surface area contributed by atoms with Gasteiger partial charge in [-0.2, -0.15) is 0 Å². The summed E-state index contributed by atoms with van der Waals surface area (Å²) in [6.07, 6.45) is 0. The number of nitrogens with zero attached hydrogens (tertiary/aromatic N) is 1. The Labute approximate surface area is 90.9 Å². The van der Waals surface area contributed by atoms with E-state index >= 15 is 0 Å². The van der Waals surface area contributed by atoms with Crippen molar-refractivity contribution in [3.05, 3.63) is 41.7 Å². The van der Waals surface area contributed by atoms with Gasteiger partial charge in [0, 0.05) is 11.6 Å². The highest BCUT2D eigenvalue weighted by atomic mass is 19.2. The van der Waals surface area contributed by atoms with Gasteiger partial charge in [-0.1, -0.05) is 11.2 Å². The zero-order chi connectivity index (χ0) is 11.7. The summed E-state index contributed by atoms with van der Waals surface area (Å²) < 4.78 is 31.3. The fourth-order valence-electron chi connectivity index (χ4n) is 1.33. The molecule has 0 saturated carbocycles. The minimum Gasteiger partial charge on any atom is -0.359 e. The van der Waals surface area contributed by atoms with Crippen molar-refractivity contribution in [2.45, 2.75) is 13.0 Å². The maximum absolute atomic E-state index is 13.4. The maximum atomic E-state index is 13.4. The van der Waals surface area contributed by atoms with Gasteiger partial charge in [0.2, 0.25) is 0 Å². The van der Waals surface area contributed by atoms with Crippen LogP contribution >= 0.6 is 0 Å². The third kappa shape index (κ3) is 1.81. The Hall–Kier alpha value is -1.75. The van der Waals surface area contributed by atoms with Crippen molar-refractivity contribution in [2.75, 3.05) is 0 Å². The van der Waals surface area contributed by atoms with Gasteiger partial charge >= 0.3 is 0 Å². The van der Waals surface area contributed by atoms with Crippen molar-refractivity contribution in [2.24, 2.45) is 5.73 Å². The summed E-state index contributed by atoms with van der Waals surface area (Å²) >= 11 is 0. The number of halogens is 2. The van der Waals surface area contributed by atoms with Crippen LogP contribution in [0.15, 0.2) is 28.8 Å². The van der Waals surface area contributed by atoms with Crippen LogP contribution < -0.4 is 5.73 Å². The van der Waals surface area contributed by atoms with E-state index in [-0.39, 0.29) is 17.3 Å². The molecule has 5 heteroatoms. The molecular weight excluding hydrogens is 214 g/mol. The Morgan fingerprint density at radius 1 is 1.38 bits per heavy atom. The highest BCUT2D eigenvalue weighted by Crippen LogP contribution is 2.25. The normalized spacial score (nSPS) is 12.8. The molecule has 84 valence electrons. The second-order valence-corrected chi connectivity index (χ2v) is 3.50. The molecule has 0 amide bonds. The Balaban J connectivity index is 2.47. The predicted octanol–water partition coefficient (Wildman–Crippen LogP) is 2.64. The van der Waals surface area contributed by atoms with Crippen LogP contribution in [-0.4, -0.2) is 5.16 Å². The standard InChI is InChI=1S/C11H10F2N2O/c1-6(14)10-5-9(15-16-10)7-3-2-4-8(12)11(7)13/h2-6H,14H2,1H3. The third-order valence-corrected chi connectivity index (χ3v) is 2.20. The van der Waals surface area contributed by atoms with E-state index in [0.717, 1.165) is 6.07 Å². The molecule has 0 fully saturated rings. The molecule has 0 spiro atoms. The van der Waals surface area contributed by atoms with E-state index < -0.39 is 11.6 Å². The van der Waals surface area contributed by atoms with Crippen LogP contribution in [0.1, 0.15) is 18.7 Å². The smallest absolute Gasteiger partial charge is 0.168 e. The number of hydrogen-bond acceptors (Lipinski definition) is 3. The van der Waals surface area contributed by atoms with E-state index in [4.69, 9.17) is 10.3 Å². The van der Waals surface area contributed by atoms with Crippen molar-refractivity contribution in [3.63, 3.8) is 0 Å². The third-order valence-electron chi connectivity index (χ3n) is 2.20. The highest BCUT2D eigenvalue weighted by molar-refractivity contribution is 5.59. The van der Waals surface area contributed by atoms with Crippen LogP contribution in [0.3, 0.4) is 0 Å². The zero-order valence-electron chi connectivity index (χ0n) is 8.58. The van der Waals surface area contributed by atoms with Gasteiger partial charge in [-0.15, -0.1) is 0 Å². The molecular formula is C11H10F2N2O. The fourth-order valence-corrected chi connectivity index (χ4v) is 1.33. The Kier molecular flexibility index (Phi) is 2.70. The van der Waals surface area contributed by atoms with Crippen molar-refractivity contribution >= 4 is 0 Å². The number of benzene rings is 1. The van der Waals surface area contributed by atoms with Crippen LogP contribution in [0, 0.1) is 11.6 Å². The summed E-state index contributed by atoms with van der Waals surface area (Å²) in [7, 11) is 0. The first-order valence-corrected chi connectivity index (χ1v) is 4.76. The summed E-state index contributed by atoms with van der Waals surface area (Å²) in [5.74, 6) is -1.42. The minimum atomic E-state index is -0.938. The van der Waals surface area contributed by atoms with E-state index in [1.165, 1.54) is 18.2 Å². The van der Waals surface area contributed by atoms with Crippen molar-refractivity contribution in [1.29, 1.82) is 0 Å². The molecule has 1 aromatic heterocycles. The van der Waals surface area contributed by atoms with Gasteiger partial charge in [0.15, 0.2) is 17.4 Å². The lowest BCUT2D eigenvalue weighted by atomic mass is 10.1. The largest absolute Gasteiger partial charge is 0.359 e. The monoisotopic (exact) mass is 224 g/mol. The number of aromatic nitrogens is 1. The Morgan fingerprint density at radius 3 is 2.75 bits per heavy atom. The summed E-state index contributed by atoms with van der Waals surface area (Å²) in [6.45, 7) is 1.71. The minimum absolute atomic E-state index is 0.0654. The summed E-state index contributed by atoms with van der Waals surface area (Å²) in [5, 5.41) is 3.65. The quantitative estimate of drug-likeness (QED) is 0.853. The van der Waals surface area contributed by atoms with Crippen LogP contribution in [-0.2, 0) is 0 Å². The lowest BCUT2D eigenvalue weighted by Crippen LogP contribution is -2.02. The molecule has 2 rings (SSSR count). The van der Waals surface area contributed by atoms with Gasteiger partial charge in [0.25, 0.3) is 0 Å². The Morgan fingerprint density at radius 2 is 2.12 bits per heavy atom. The van der Waals surface area contributed by atoms with Crippen LogP contribution in [0.4, 0.5) is 8.78 Å². The van der Waals surface area contributed by atoms with E-state index in [0.29, 0.717) is 5.76 Å². The van der Waals surface area contributed by atoms with Gasteiger partial charge in [0.05, 0.1) is 6.04 Å². The number of rotatable bonds is 2. The molecule has 2 N–H and O–H groups in total. The van der Waals surface area contributed by atoms with Gasteiger partial charge in [-0.3, -0.25) is 0 Å². The fraction of sp³-hybridized carbons (Fsp3) is 0.182. The van der Waals surface area contributed by atoms with Gasteiger partial charge in [0.1, 0.15) is 5.69 Å². The first-order chi connectivity index (χ1) is 7.59. The molecule has 0 aliphatic rings. The lowest BCUT2D eigenvalue weighted by Gasteiger charge is -1.98. The molecule has 3 nitrogen and oxygen atoms in total. The van der Waals surface area contributed by atoms with Crippen LogP contribution in [0.5, 0.6) is 0 Å². The lowest BCUT2D eigenvalue weighted by molar-refractivity contribution is 0.369. The number of nitrogens with two attached hydrogens (primary N) is 1. The first kappa shape index (κ1) is 10.8. The van der Waals surface area contributed by atoms with E-state index in [1.807, 2.05) is 0 Å². The molecule has 0 aliphatic heterocycles. The molecule has 1 atom stereocenters. The van der Waals surface area contributed by atoms with Crippen molar-refractivity contribution < 1.29 is 13.3 Å². The van der Waals surface area contributed by atoms with Gasteiger partial charge in [-0.25, -0.2) is 8.78 Å². The molecule has 16 heavy (non-hydrogen) atoms. The van der Waals surface area contributed by atoms with Crippen molar-refractivity contribution in [1.82, 2.24) is 5.16 Å². The predicted molar refractivity (Wildman–Crippen MR) is 54.5 cm³/mol. The average Bonchev–Trinajstić information content (AvgIpc) is 2.71. The summed E-state index contributed by atoms with van der Waals surface area (Å²) in [6, 6.07) is 5.06. The van der Waals surface area contributed by atoms with Crippen LogP contribution in [0.2, 0.25) is 0 Å². The molecule has 2 aromatic rings. The van der Waals surface area contributed by atoms with E-state index in [2.05, 4.69) is 5.16 Å². The average molecular weight is 224 g/mol. The highest BCUT2D eigenvalue weighted by Gasteiger charge is 2.15. The maximum Gasteiger partial charge on any atom is 0.168 e. The molecule has 0 bridgehead atoms. The molecule has 0 saturated heterocycles. The molecule has 1 aromatic carbocycles. The first-order valence-electron chi connectivity index (χ1n) is 4.76. The SMILES string of the molecule is CC(N)c1cc(-c2cccc(F)c2F)no1. The zero-order valence-corrected chi connectivity index (χ0v) is 8.58. The molecule has 0 aliphatic carbocycles. The van der Waals surface area contributed by atoms with Crippen molar-refractivity contribution in [3.8, 4) is 11.3 Å². The van der Waals surface area contributed by atoms with Gasteiger partial charge in [-0.05, 0) is 19.1 Å².